The average molecular weight is 333 g/mol. The van der Waals surface area contributed by atoms with Crippen molar-refractivity contribution >= 4 is 11.4 Å². The van der Waals surface area contributed by atoms with E-state index in [1.165, 1.54) is 0 Å². The van der Waals surface area contributed by atoms with Crippen molar-refractivity contribution in [3.63, 3.8) is 0 Å². The van der Waals surface area contributed by atoms with E-state index in [0.717, 1.165) is 34.8 Å². The SMILES string of the molecule is COc1ccc(-c2ccccc2N(CCCO)c2ccccc2)cc1. The van der Waals surface area contributed by atoms with Gasteiger partial charge in [0.2, 0.25) is 0 Å². The third kappa shape index (κ3) is 4.01. The van der Waals surface area contributed by atoms with E-state index in [0.29, 0.717) is 6.42 Å². The highest BCUT2D eigenvalue weighted by Gasteiger charge is 2.14. The van der Waals surface area contributed by atoms with Gasteiger partial charge in [-0.15, -0.1) is 0 Å². The van der Waals surface area contributed by atoms with Crippen molar-refractivity contribution in [3.05, 3.63) is 78.9 Å². The number of hydrogen-bond acceptors (Lipinski definition) is 3. The van der Waals surface area contributed by atoms with Crippen molar-refractivity contribution in [3.8, 4) is 16.9 Å². The zero-order valence-corrected chi connectivity index (χ0v) is 14.4. The summed E-state index contributed by atoms with van der Waals surface area (Å²) in [5.41, 5.74) is 4.55. The maximum Gasteiger partial charge on any atom is 0.118 e. The molecule has 0 saturated carbocycles. The van der Waals surface area contributed by atoms with Gasteiger partial charge < -0.3 is 14.7 Å². The van der Waals surface area contributed by atoms with Gasteiger partial charge in [0, 0.05) is 30.1 Å². The van der Waals surface area contributed by atoms with Crippen LogP contribution in [0.15, 0.2) is 78.9 Å². The summed E-state index contributed by atoms with van der Waals surface area (Å²) in [6.45, 7) is 0.932. The Balaban J connectivity index is 2.04. The lowest BCUT2D eigenvalue weighted by atomic mass is 10.0. The van der Waals surface area contributed by atoms with Crippen LogP contribution in [0.2, 0.25) is 0 Å². The smallest absolute Gasteiger partial charge is 0.118 e. The predicted molar refractivity (Wildman–Crippen MR) is 104 cm³/mol. The van der Waals surface area contributed by atoms with Crippen molar-refractivity contribution in [2.75, 3.05) is 25.2 Å². The van der Waals surface area contributed by atoms with Gasteiger partial charge in [0.1, 0.15) is 5.75 Å². The van der Waals surface area contributed by atoms with Gasteiger partial charge in [0.15, 0.2) is 0 Å². The van der Waals surface area contributed by atoms with E-state index in [1.807, 2.05) is 30.3 Å². The number of aliphatic hydroxyl groups is 1. The van der Waals surface area contributed by atoms with Gasteiger partial charge in [0.25, 0.3) is 0 Å². The maximum atomic E-state index is 9.31. The van der Waals surface area contributed by atoms with Gasteiger partial charge in [-0.1, -0.05) is 48.5 Å². The first-order valence-electron chi connectivity index (χ1n) is 8.50. The fourth-order valence-electron chi connectivity index (χ4n) is 2.95. The lowest BCUT2D eigenvalue weighted by Crippen LogP contribution is -2.20. The summed E-state index contributed by atoms with van der Waals surface area (Å²) in [6.07, 6.45) is 0.714. The second-order valence-electron chi connectivity index (χ2n) is 5.81. The quantitative estimate of drug-likeness (QED) is 0.669. The van der Waals surface area contributed by atoms with Crippen LogP contribution in [0.3, 0.4) is 0 Å². The average Bonchev–Trinajstić information content (AvgIpc) is 2.69. The molecule has 3 aromatic rings. The predicted octanol–water partition coefficient (Wildman–Crippen LogP) is 4.88. The fraction of sp³-hybridized carbons (Fsp3) is 0.182. The lowest BCUT2D eigenvalue weighted by Gasteiger charge is -2.27. The first-order valence-corrected chi connectivity index (χ1v) is 8.50. The van der Waals surface area contributed by atoms with Gasteiger partial charge in [-0.2, -0.15) is 0 Å². The molecular weight excluding hydrogens is 310 g/mol. The van der Waals surface area contributed by atoms with Crippen LogP contribution in [0.1, 0.15) is 6.42 Å². The third-order valence-corrected chi connectivity index (χ3v) is 4.20. The van der Waals surface area contributed by atoms with Crippen LogP contribution in [0, 0.1) is 0 Å². The molecule has 0 radical (unpaired) electrons. The van der Waals surface area contributed by atoms with Crippen LogP contribution in [-0.4, -0.2) is 25.4 Å². The molecule has 1 N–H and O–H groups in total. The Bertz CT molecular complexity index is 785. The normalized spacial score (nSPS) is 10.5. The molecule has 3 aromatic carbocycles. The minimum atomic E-state index is 0.175. The van der Waals surface area contributed by atoms with E-state index in [4.69, 9.17) is 4.74 Å². The topological polar surface area (TPSA) is 32.7 Å². The summed E-state index contributed by atoms with van der Waals surface area (Å²) in [6, 6.07) is 26.8. The second-order valence-corrected chi connectivity index (χ2v) is 5.81. The number of aliphatic hydroxyl groups excluding tert-OH is 1. The summed E-state index contributed by atoms with van der Waals surface area (Å²) in [5.74, 6) is 0.849. The monoisotopic (exact) mass is 333 g/mol. The first-order chi connectivity index (χ1) is 12.3. The number of benzene rings is 3. The molecule has 0 fully saturated rings. The van der Waals surface area contributed by atoms with Crippen molar-refractivity contribution in [2.24, 2.45) is 0 Å². The summed E-state index contributed by atoms with van der Waals surface area (Å²) in [4.78, 5) is 2.26. The molecule has 0 atom stereocenters. The van der Waals surface area contributed by atoms with Crippen LogP contribution < -0.4 is 9.64 Å². The number of anilines is 2. The number of hydrogen-bond donors (Lipinski definition) is 1. The zero-order chi connectivity index (χ0) is 17.5. The highest BCUT2D eigenvalue weighted by Crippen LogP contribution is 2.35. The van der Waals surface area contributed by atoms with E-state index >= 15 is 0 Å². The molecule has 0 aliphatic carbocycles. The van der Waals surface area contributed by atoms with Crippen molar-refractivity contribution in [1.29, 1.82) is 0 Å². The number of para-hydroxylation sites is 2. The minimum absolute atomic E-state index is 0.175. The van der Waals surface area contributed by atoms with E-state index in [-0.39, 0.29) is 6.61 Å². The van der Waals surface area contributed by atoms with E-state index in [9.17, 15) is 5.11 Å². The molecule has 0 aliphatic rings. The molecule has 0 aliphatic heterocycles. The van der Waals surface area contributed by atoms with E-state index < -0.39 is 0 Å². The summed E-state index contributed by atoms with van der Waals surface area (Å²) in [7, 11) is 1.68. The summed E-state index contributed by atoms with van der Waals surface area (Å²) >= 11 is 0. The van der Waals surface area contributed by atoms with Crippen LogP contribution in [0.4, 0.5) is 11.4 Å². The standard InChI is InChI=1S/C22H23NO2/c1-25-20-14-12-18(13-15-20)21-10-5-6-11-22(21)23(16-7-17-24)19-8-3-2-4-9-19/h2-6,8-15,24H,7,16-17H2,1H3. The van der Waals surface area contributed by atoms with Gasteiger partial charge >= 0.3 is 0 Å². The van der Waals surface area contributed by atoms with Gasteiger partial charge in [-0.25, -0.2) is 0 Å². The largest absolute Gasteiger partial charge is 0.497 e. The third-order valence-electron chi connectivity index (χ3n) is 4.20. The number of nitrogens with zero attached hydrogens (tertiary/aromatic N) is 1. The Morgan fingerprint density at radius 2 is 1.52 bits per heavy atom. The van der Waals surface area contributed by atoms with Gasteiger partial charge in [-0.05, 0) is 42.3 Å². The Labute approximate surface area is 149 Å². The molecule has 3 nitrogen and oxygen atoms in total. The van der Waals surface area contributed by atoms with Gasteiger partial charge in [0.05, 0.1) is 7.11 Å². The Morgan fingerprint density at radius 3 is 2.20 bits per heavy atom. The Hall–Kier alpha value is -2.78. The zero-order valence-electron chi connectivity index (χ0n) is 14.4. The molecule has 3 heteroatoms. The van der Waals surface area contributed by atoms with Crippen molar-refractivity contribution in [1.82, 2.24) is 0 Å². The van der Waals surface area contributed by atoms with Crippen molar-refractivity contribution in [2.45, 2.75) is 6.42 Å². The molecule has 0 amide bonds. The Morgan fingerprint density at radius 1 is 0.840 bits per heavy atom. The highest BCUT2D eigenvalue weighted by atomic mass is 16.5. The van der Waals surface area contributed by atoms with Crippen LogP contribution >= 0.6 is 0 Å². The number of rotatable bonds is 7. The van der Waals surface area contributed by atoms with Crippen LogP contribution in [0.25, 0.3) is 11.1 Å². The molecule has 3 rings (SSSR count). The molecule has 0 bridgehead atoms. The molecule has 0 heterocycles. The summed E-state index contributed by atoms with van der Waals surface area (Å²) in [5, 5.41) is 9.31. The highest BCUT2D eigenvalue weighted by molar-refractivity contribution is 5.82. The van der Waals surface area contributed by atoms with Crippen molar-refractivity contribution < 1.29 is 9.84 Å². The lowest BCUT2D eigenvalue weighted by molar-refractivity contribution is 0.291. The first kappa shape index (κ1) is 17.1. The van der Waals surface area contributed by atoms with E-state index in [2.05, 4.69) is 53.4 Å². The molecule has 0 saturated heterocycles. The van der Waals surface area contributed by atoms with Crippen LogP contribution in [-0.2, 0) is 0 Å². The fourth-order valence-corrected chi connectivity index (χ4v) is 2.95. The second kappa shape index (κ2) is 8.36. The van der Waals surface area contributed by atoms with E-state index in [1.54, 1.807) is 7.11 Å². The molecule has 128 valence electrons. The van der Waals surface area contributed by atoms with Gasteiger partial charge in [-0.3, -0.25) is 0 Å². The Kier molecular flexibility index (Phi) is 5.70. The van der Waals surface area contributed by atoms with Crippen LogP contribution in [0.5, 0.6) is 5.75 Å². The molecule has 0 aromatic heterocycles. The number of ether oxygens (including phenoxy) is 1. The molecule has 25 heavy (non-hydrogen) atoms. The maximum absolute atomic E-state index is 9.31. The summed E-state index contributed by atoms with van der Waals surface area (Å²) < 4.78 is 5.27. The molecule has 0 spiro atoms. The molecule has 0 unspecified atom stereocenters. The number of methoxy groups -OCH3 is 1. The minimum Gasteiger partial charge on any atom is -0.497 e. The molecular formula is C22H23NO2.